The zero-order valence-corrected chi connectivity index (χ0v) is 19.2. The van der Waals surface area contributed by atoms with Crippen molar-refractivity contribution in [1.82, 2.24) is 0 Å². The van der Waals surface area contributed by atoms with Crippen molar-refractivity contribution in [2.24, 2.45) is 5.92 Å². The Morgan fingerprint density at radius 1 is 0.941 bits per heavy atom. The molecule has 0 amide bonds. The zero-order valence-electron chi connectivity index (χ0n) is 19.2. The molecule has 0 radical (unpaired) electrons. The quantitative estimate of drug-likeness (QED) is 0.273. The Labute approximate surface area is 198 Å². The van der Waals surface area contributed by atoms with Crippen molar-refractivity contribution in [2.45, 2.75) is 44.8 Å². The van der Waals surface area contributed by atoms with E-state index >= 15 is 0 Å². The molecule has 0 saturated carbocycles. The molecule has 1 heterocycles. The van der Waals surface area contributed by atoms with Crippen molar-refractivity contribution >= 4 is 11.7 Å². The van der Waals surface area contributed by atoms with Crippen molar-refractivity contribution in [2.75, 3.05) is 11.9 Å². The molecule has 34 heavy (non-hydrogen) atoms. The lowest BCUT2D eigenvalue weighted by molar-refractivity contribution is -0.161. The molecular formula is C28H29F2NO3. The molecule has 0 spiro atoms. The van der Waals surface area contributed by atoms with E-state index in [1.807, 2.05) is 24.3 Å². The van der Waals surface area contributed by atoms with Gasteiger partial charge in [-0.25, -0.2) is 8.78 Å². The van der Waals surface area contributed by atoms with Crippen LogP contribution >= 0.6 is 0 Å². The minimum Gasteiger partial charge on any atom is -0.494 e. The predicted molar refractivity (Wildman–Crippen MR) is 128 cm³/mol. The van der Waals surface area contributed by atoms with Gasteiger partial charge in [0.2, 0.25) is 0 Å². The van der Waals surface area contributed by atoms with Crippen LogP contribution in [0, 0.1) is 17.6 Å². The number of hydrogen-bond donors (Lipinski definition) is 1. The van der Waals surface area contributed by atoms with E-state index in [0.717, 1.165) is 29.7 Å². The Hall–Kier alpha value is -3.41. The lowest BCUT2D eigenvalue weighted by Crippen LogP contribution is -2.34. The lowest BCUT2D eigenvalue weighted by atomic mass is 9.85. The van der Waals surface area contributed by atoms with Gasteiger partial charge in [-0.15, -0.1) is 0 Å². The van der Waals surface area contributed by atoms with Gasteiger partial charge in [-0.1, -0.05) is 37.6 Å². The van der Waals surface area contributed by atoms with Gasteiger partial charge in [-0.3, -0.25) is 4.79 Å². The second-order valence-corrected chi connectivity index (χ2v) is 8.56. The summed E-state index contributed by atoms with van der Waals surface area (Å²) in [6.45, 7) is 2.77. The van der Waals surface area contributed by atoms with Crippen molar-refractivity contribution in [3.63, 3.8) is 0 Å². The van der Waals surface area contributed by atoms with E-state index in [1.54, 1.807) is 24.3 Å². The summed E-state index contributed by atoms with van der Waals surface area (Å²) in [5, 5.41) is 3.40. The topological polar surface area (TPSA) is 47.6 Å². The van der Waals surface area contributed by atoms with E-state index in [9.17, 15) is 13.6 Å². The second kappa shape index (κ2) is 11.1. The molecule has 178 valence electrons. The van der Waals surface area contributed by atoms with Gasteiger partial charge in [0.15, 0.2) is 0 Å². The summed E-state index contributed by atoms with van der Waals surface area (Å²) in [7, 11) is 0. The molecular weight excluding hydrogens is 436 g/mol. The van der Waals surface area contributed by atoms with Gasteiger partial charge >= 0.3 is 5.97 Å². The highest BCUT2D eigenvalue weighted by molar-refractivity contribution is 5.75. The second-order valence-electron chi connectivity index (χ2n) is 8.56. The number of carbonyl (C=O) groups excluding carboxylic acids is 1. The number of unbranched alkanes of at least 4 members (excludes halogenated alkanes) is 1. The number of rotatable bonds is 9. The maximum atomic E-state index is 13.4. The van der Waals surface area contributed by atoms with Crippen LogP contribution in [0.1, 0.15) is 55.9 Å². The number of halogens is 2. The number of nitrogens with one attached hydrogen (secondary N) is 1. The molecule has 1 fully saturated rings. The number of cyclic esters (lactones) is 1. The predicted octanol–water partition coefficient (Wildman–Crippen LogP) is 6.99. The lowest BCUT2D eigenvalue weighted by Gasteiger charge is -2.34. The molecule has 0 aromatic heterocycles. The Morgan fingerprint density at radius 3 is 2.21 bits per heavy atom. The summed E-state index contributed by atoms with van der Waals surface area (Å²) >= 11 is 0. The highest BCUT2D eigenvalue weighted by Crippen LogP contribution is 2.39. The van der Waals surface area contributed by atoms with E-state index < -0.39 is 12.0 Å². The summed E-state index contributed by atoms with van der Waals surface area (Å²) < 4.78 is 38.3. The third-order valence-electron chi connectivity index (χ3n) is 6.12. The summed E-state index contributed by atoms with van der Waals surface area (Å²) in [6.07, 6.45) is 2.87. The van der Waals surface area contributed by atoms with Crippen LogP contribution in [0.25, 0.3) is 0 Å². The highest BCUT2D eigenvalue weighted by Gasteiger charge is 2.37. The van der Waals surface area contributed by atoms with Gasteiger partial charge in [0, 0.05) is 5.69 Å². The molecule has 0 unspecified atom stereocenters. The molecule has 4 rings (SSSR count). The number of hydrogen-bond acceptors (Lipinski definition) is 4. The van der Waals surface area contributed by atoms with E-state index in [-0.39, 0.29) is 23.6 Å². The van der Waals surface area contributed by atoms with Gasteiger partial charge in [0.25, 0.3) is 0 Å². The Morgan fingerprint density at radius 2 is 1.59 bits per heavy atom. The average Bonchev–Trinajstić information content (AvgIpc) is 2.85. The average molecular weight is 466 g/mol. The van der Waals surface area contributed by atoms with Crippen molar-refractivity contribution in [3.05, 3.63) is 95.6 Å². The minimum absolute atomic E-state index is 0.316. The van der Waals surface area contributed by atoms with Crippen LogP contribution in [-0.4, -0.2) is 12.6 Å². The molecule has 1 saturated heterocycles. The monoisotopic (exact) mass is 465 g/mol. The largest absolute Gasteiger partial charge is 0.494 e. The third-order valence-corrected chi connectivity index (χ3v) is 6.12. The Bertz CT molecular complexity index is 1070. The highest BCUT2D eigenvalue weighted by atomic mass is 19.1. The van der Waals surface area contributed by atoms with Crippen LogP contribution in [0.2, 0.25) is 0 Å². The molecule has 1 aliphatic heterocycles. The maximum absolute atomic E-state index is 13.4. The van der Waals surface area contributed by atoms with Crippen LogP contribution < -0.4 is 10.1 Å². The van der Waals surface area contributed by atoms with Crippen LogP contribution in [0.5, 0.6) is 5.75 Å². The molecule has 1 aliphatic rings. The molecule has 1 N–H and O–H groups in total. The fourth-order valence-corrected chi connectivity index (χ4v) is 4.20. The first kappa shape index (κ1) is 23.7. The van der Waals surface area contributed by atoms with E-state index in [2.05, 4.69) is 12.2 Å². The first-order chi connectivity index (χ1) is 16.5. The van der Waals surface area contributed by atoms with Gasteiger partial charge in [0.1, 0.15) is 23.5 Å². The molecule has 6 heteroatoms. The van der Waals surface area contributed by atoms with Gasteiger partial charge in [-0.05, 0) is 78.9 Å². The van der Waals surface area contributed by atoms with Crippen molar-refractivity contribution in [3.8, 4) is 5.75 Å². The Balaban J connectivity index is 1.53. The zero-order chi connectivity index (χ0) is 23.9. The van der Waals surface area contributed by atoms with Gasteiger partial charge in [-0.2, -0.15) is 0 Å². The van der Waals surface area contributed by atoms with Gasteiger partial charge < -0.3 is 14.8 Å². The van der Waals surface area contributed by atoms with E-state index in [1.165, 1.54) is 24.3 Å². The normalized spacial score (nSPS) is 18.7. The first-order valence-corrected chi connectivity index (χ1v) is 11.7. The van der Waals surface area contributed by atoms with Crippen LogP contribution in [0.3, 0.4) is 0 Å². The number of carbonyl (C=O) groups is 1. The van der Waals surface area contributed by atoms with Crippen LogP contribution in [0.15, 0.2) is 72.8 Å². The molecule has 4 nitrogen and oxygen atoms in total. The summed E-state index contributed by atoms with van der Waals surface area (Å²) in [5.41, 5.74) is 2.40. The fraction of sp³-hybridized carbons (Fsp3) is 0.321. The van der Waals surface area contributed by atoms with Crippen LogP contribution in [-0.2, 0) is 9.53 Å². The van der Waals surface area contributed by atoms with Crippen LogP contribution in [0.4, 0.5) is 14.5 Å². The molecule has 3 aromatic rings. The summed E-state index contributed by atoms with van der Waals surface area (Å²) in [4.78, 5) is 13.1. The maximum Gasteiger partial charge on any atom is 0.311 e. The standard InChI is InChI=1S/C28H29F2NO3/c1-2-3-18-33-24-14-6-20(7-15-24)27(31-23-12-10-22(30)11-13-23)25-16-17-26(34-28(25)32)19-4-8-21(29)9-5-19/h4-15,25-27,31H,2-3,16-18H2,1H3/t25-,26-,27-/m1/s1. The van der Waals surface area contributed by atoms with E-state index in [0.29, 0.717) is 25.1 Å². The number of esters is 1. The number of benzene rings is 3. The smallest absolute Gasteiger partial charge is 0.311 e. The third kappa shape index (κ3) is 5.93. The fourth-order valence-electron chi connectivity index (χ4n) is 4.20. The van der Waals surface area contributed by atoms with E-state index in [4.69, 9.17) is 9.47 Å². The van der Waals surface area contributed by atoms with Crippen molar-refractivity contribution in [1.29, 1.82) is 0 Å². The first-order valence-electron chi connectivity index (χ1n) is 11.7. The molecule has 3 atom stereocenters. The number of anilines is 1. The van der Waals surface area contributed by atoms with Crippen molar-refractivity contribution < 1.29 is 23.0 Å². The Kier molecular flexibility index (Phi) is 7.78. The summed E-state index contributed by atoms with van der Waals surface area (Å²) in [5.74, 6) is -0.623. The summed E-state index contributed by atoms with van der Waals surface area (Å²) in [6, 6.07) is 19.5. The minimum atomic E-state index is -0.436. The van der Waals surface area contributed by atoms with Gasteiger partial charge in [0.05, 0.1) is 18.6 Å². The molecule has 0 bridgehead atoms. The number of ether oxygens (including phenoxy) is 2. The molecule has 3 aromatic carbocycles. The SMILES string of the molecule is CCCCOc1ccc([C@@H](Nc2ccc(F)cc2)[C@H]2CC[C@H](c3ccc(F)cc3)OC2=O)cc1. The molecule has 0 aliphatic carbocycles.